The van der Waals surface area contributed by atoms with Crippen molar-refractivity contribution < 1.29 is 0 Å². The number of rotatable bonds is 4. The fraction of sp³-hybridized carbons (Fsp3) is 0.0667. The van der Waals surface area contributed by atoms with Crippen molar-refractivity contribution in [1.82, 2.24) is 30.6 Å². The number of benzene rings is 4. The quantitative estimate of drug-likeness (QED) is 0.175. The molecule has 0 saturated heterocycles. The first-order valence-corrected chi connectivity index (χ1v) is 13.5. The highest BCUT2D eigenvalue weighted by atomic mass is 35.5. The standard InChI is InChI=1S/C30H23ClN10/c31-20-13-5-4-12-19(20)30-29(18-10-2-1-3-11-18,38-27(40-30)36-25-32-21-14-6-7-15-22(21)33-25)39-28(41-30)37-26-34-23-16-8-9-17-24(23)35-26/h1-17H,(H3,32,33,36,38,40)(H3,34,35,37,39,41). The molecule has 10 nitrogen and oxygen atoms in total. The lowest BCUT2D eigenvalue weighted by Gasteiger charge is -2.38. The number of nitrogens with one attached hydrogen (secondary N) is 6. The van der Waals surface area contributed by atoms with Gasteiger partial charge in [0, 0.05) is 16.1 Å². The van der Waals surface area contributed by atoms with Crippen LogP contribution in [0.2, 0.25) is 5.02 Å². The lowest BCUT2D eigenvalue weighted by Crippen LogP contribution is -2.60. The fourth-order valence-corrected chi connectivity index (χ4v) is 5.88. The molecule has 200 valence electrons. The molecule has 41 heavy (non-hydrogen) atoms. The number of hydrogen-bond donors (Lipinski definition) is 6. The van der Waals surface area contributed by atoms with Crippen LogP contribution in [0.3, 0.4) is 0 Å². The lowest BCUT2D eigenvalue weighted by atomic mass is 9.83. The van der Waals surface area contributed by atoms with E-state index in [1.54, 1.807) is 0 Å². The SMILES string of the molecule is Clc1ccccc1C12NC(Nc3nc4ccccc4[nH]3)=NC1(c1ccccc1)N=C(Nc1nc3ccccc3[nH]1)N2. The average molecular weight is 559 g/mol. The number of para-hydroxylation sites is 4. The number of anilines is 2. The summed E-state index contributed by atoms with van der Waals surface area (Å²) in [6, 6.07) is 33.3. The van der Waals surface area contributed by atoms with E-state index in [1.807, 2.05) is 103 Å². The summed E-state index contributed by atoms with van der Waals surface area (Å²) in [5.41, 5.74) is 2.91. The smallest absolute Gasteiger partial charge is 0.228 e. The highest BCUT2D eigenvalue weighted by Crippen LogP contribution is 2.51. The summed E-state index contributed by atoms with van der Waals surface area (Å²) < 4.78 is 0. The summed E-state index contributed by atoms with van der Waals surface area (Å²) in [5, 5.41) is 14.4. The van der Waals surface area contributed by atoms with Crippen LogP contribution >= 0.6 is 11.6 Å². The molecular formula is C30H23ClN10. The lowest BCUT2D eigenvalue weighted by molar-refractivity contribution is 0.234. The Morgan fingerprint density at radius 3 is 1.66 bits per heavy atom. The maximum absolute atomic E-state index is 6.88. The van der Waals surface area contributed by atoms with Crippen LogP contribution in [-0.4, -0.2) is 31.9 Å². The number of halogens is 1. The minimum Gasteiger partial charge on any atom is -0.325 e. The van der Waals surface area contributed by atoms with E-state index in [-0.39, 0.29) is 0 Å². The minimum absolute atomic E-state index is 0.479. The van der Waals surface area contributed by atoms with Gasteiger partial charge in [-0.3, -0.25) is 10.6 Å². The molecule has 2 aliphatic heterocycles. The molecule has 6 N–H and O–H groups in total. The van der Waals surface area contributed by atoms with E-state index in [0.29, 0.717) is 28.8 Å². The van der Waals surface area contributed by atoms with E-state index in [9.17, 15) is 0 Å². The van der Waals surface area contributed by atoms with E-state index >= 15 is 0 Å². The summed E-state index contributed by atoms with van der Waals surface area (Å²) in [5.74, 6) is 2.07. The number of imidazole rings is 2. The van der Waals surface area contributed by atoms with Gasteiger partial charge < -0.3 is 20.6 Å². The molecule has 2 aliphatic rings. The number of aromatic amines is 2. The molecule has 4 aromatic carbocycles. The predicted molar refractivity (Wildman–Crippen MR) is 162 cm³/mol. The molecule has 6 aromatic rings. The van der Waals surface area contributed by atoms with Crippen LogP contribution in [0.25, 0.3) is 22.1 Å². The fourth-order valence-electron chi connectivity index (χ4n) is 5.60. The van der Waals surface area contributed by atoms with Crippen LogP contribution in [0.15, 0.2) is 113 Å². The molecule has 0 spiro atoms. The summed E-state index contributed by atoms with van der Waals surface area (Å²) in [7, 11) is 0. The molecule has 0 unspecified atom stereocenters. The molecule has 11 heteroatoms. The second-order valence-corrected chi connectivity index (χ2v) is 10.3. The predicted octanol–water partition coefficient (Wildman–Crippen LogP) is 5.24. The van der Waals surface area contributed by atoms with Crippen molar-refractivity contribution in [3.63, 3.8) is 0 Å². The number of nitrogens with zero attached hydrogens (tertiary/aromatic N) is 4. The van der Waals surface area contributed by atoms with E-state index in [4.69, 9.17) is 21.6 Å². The van der Waals surface area contributed by atoms with Crippen molar-refractivity contribution in [1.29, 1.82) is 0 Å². The van der Waals surface area contributed by atoms with Gasteiger partial charge in [-0.2, -0.15) is 0 Å². The maximum atomic E-state index is 6.88. The average Bonchev–Trinajstić information content (AvgIpc) is 3.73. The summed E-state index contributed by atoms with van der Waals surface area (Å²) in [6.45, 7) is 0. The van der Waals surface area contributed by atoms with Gasteiger partial charge in [0.25, 0.3) is 0 Å². The largest absolute Gasteiger partial charge is 0.325 e. The first kappa shape index (κ1) is 23.5. The summed E-state index contributed by atoms with van der Waals surface area (Å²) >= 11 is 6.88. The monoisotopic (exact) mass is 558 g/mol. The third-order valence-electron chi connectivity index (χ3n) is 7.39. The van der Waals surface area contributed by atoms with Crippen molar-refractivity contribution in [3.8, 4) is 0 Å². The molecular weight excluding hydrogens is 536 g/mol. The van der Waals surface area contributed by atoms with Crippen LogP contribution in [0.1, 0.15) is 11.1 Å². The first-order valence-electron chi connectivity index (χ1n) is 13.1. The Hall–Kier alpha value is -5.35. The van der Waals surface area contributed by atoms with Gasteiger partial charge in [0.2, 0.25) is 29.5 Å². The Bertz CT molecular complexity index is 1830. The van der Waals surface area contributed by atoms with Crippen molar-refractivity contribution >= 4 is 57.5 Å². The highest BCUT2D eigenvalue weighted by Gasteiger charge is 2.64. The van der Waals surface area contributed by atoms with Crippen molar-refractivity contribution in [3.05, 3.63) is 119 Å². The molecule has 0 atom stereocenters. The maximum Gasteiger partial charge on any atom is 0.228 e. The zero-order valence-electron chi connectivity index (χ0n) is 21.5. The van der Waals surface area contributed by atoms with E-state index in [2.05, 4.69) is 41.2 Å². The van der Waals surface area contributed by atoms with Gasteiger partial charge in [-0.25, -0.2) is 20.0 Å². The summed E-state index contributed by atoms with van der Waals surface area (Å²) in [6.07, 6.45) is 0. The molecule has 4 heterocycles. The van der Waals surface area contributed by atoms with Crippen LogP contribution in [-0.2, 0) is 11.3 Å². The van der Waals surface area contributed by atoms with E-state index in [0.717, 1.165) is 33.2 Å². The van der Waals surface area contributed by atoms with Crippen molar-refractivity contribution in [2.45, 2.75) is 11.3 Å². The normalized spacial score (nSPS) is 21.2. The Labute approximate surface area is 239 Å². The first-order chi connectivity index (χ1) is 20.1. The molecule has 0 bridgehead atoms. The third kappa shape index (κ3) is 3.65. The van der Waals surface area contributed by atoms with E-state index in [1.165, 1.54) is 0 Å². The highest BCUT2D eigenvalue weighted by molar-refractivity contribution is 6.31. The Morgan fingerprint density at radius 2 is 1.10 bits per heavy atom. The Kier molecular flexibility index (Phi) is 5.07. The zero-order valence-corrected chi connectivity index (χ0v) is 22.2. The van der Waals surface area contributed by atoms with Crippen LogP contribution in [0, 0.1) is 0 Å². The molecule has 0 fully saturated rings. The number of H-pyrrole nitrogens is 2. The zero-order chi connectivity index (χ0) is 27.4. The number of guanidine groups is 2. The van der Waals surface area contributed by atoms with Gasteiger partial charge >= 0.3 is 0 Å². The minimum atomic E-state index is -1.18. The van der Waals surface area contributed by atoms with Gasteiger partial charge in [-0.15, -0.1) is 0 Å². The van der Waals surface area contributed by atoms with Crippen molar-refractivity contribution in [2.24, 2.45) is 9.98 Å². The van der Waals surface area contributed by atoms with Gasteiger partial charge in [0.05, 0.1) is 22.1 Å². The Morgan fingerprint density at radius 1 is 0.585 bits per heavy atom. The van der Waals surface area contributed by atoms with Crippen LogP contribution < -0.4 is 21.3 Å². The molecule has 0 radical (unpaired) electrons. The molecule has 2 aromatic heterocycles. The van der Waals surface area contributed by atoms with Crippen LogP contribution in [0.4, 0.5) is 11.9 Å². The second-order valence-electron chi connectivity index (χ2n) is 9.89. The third-order valence-corrected chi connectivity index (χ3v) is 7.72. The van der Waals surface area contributed by atoms with Gasteiger partial charge in [0.15, 0.2) is 5.66 Å². The van der Waals surface area contributed by atoms with Crippen LogP contribution in [0.5, 0.6) is 0 Å². The number of hydrogen-bond acceptors (Lipinski definition) is 8. The summed E-state index contributed by atoms with van der Waals surface area (Å²) in [4.78, 5) is 26.4. The molecule has 0 aliphatic carbocycles. The second kappa shape index (κ2) is 8.83. The van der Waals surface area contributed by atoms with Gasteiger partial charge in [-0.05, 0) is 30.3 Å². The van der Waals surface area contributed by atoms with Gasteiger partial charge in [-0.1, -0.05) is 84.4 Å². The number of aromatic nitrogens is 4. The number of fused-ring (bicyclic) bond motifs is 3. The molecule has 0 saturated carbocycles. The van der Waals surface area contributed by atoms with Gasteiger partial charge in [0.1, 0.15) is 0 Å². The topological polar surface area (TPSA) is 130 Å². The molecule has 8 rings (SSSR count). The van der Waals surface area contributed by atoms with Crippen molar-refractivity contribution in [2.75, 3.05) is 10.6 Å². The Balaban J connectivity index is 1.28. The van der Waals surface area contributed by atoms with E-state index < -0.39 is 11.3 Å². The number of aliphatic imine (C=N–C) groups is 2. The molecule has 0 amide bonds.